The molecule has 0 saturated heterocycles. The second-order valence-electron chi connectivity index (χ2n) is 3.27. The molecule has 0 aliphatic rings. The average Bonchev–Trinajstić information content (AvgIpc) is 2.35. The van der Waals surface area contributed by atoms with Gasteiger partial charge in [0, 0.05) is 16.3 Å². The summed E-state index contributed by atoms with van der Waals surface area (Å²) in [6.07, 6.45) is 1.13. The number of hydrogen-bond acceptors (Lipinski definition) is 4. The van der Waals surface area contributed by atoms with Crippen molar-refractivity contribution in [3.8, 4) is 0 Å². The molecule has 1 heterocycles. The van der Waals surface area contributed by atoms with Crippen LogP contribution in [-0.4, -0.2) is 17.0 Å². The van der Waals surface area contributed by atoms with Gasteiger partial charge in [-0.05, 0) is 46.9 Å². The van der Waals surface area contributed by atoms with Gasteiger partial charge in [0.05, 0.1) is 6.20 Å². The molecule has 0 saturated carbocycles. The molecule has 2 rings (SSSR count). The Morgan fingerprint density at radius 2 is 1.94 bits per heavy atom. The van der Waals surface area contributed by atoms with Crippen LogP contribution in [0.25, 0.3) is 0 Å². The SMILES string of the molecule is CNc1ncc(F)c(Nc2ccc(I)cc2)n1. The Morgan fingerprint density at radius 3 is 2.59 bits per heavy atom. The molecule has 0 radical (unpaired) electrons. The Balaban J connectivity index is 2.25. The van der Waals surface area contributed by atoms with Crippen LogP contribution in [0.3, 0.4) is 0 Å². The van der Waals surface area contributed by atoms with Crippen LogP contribution in [0.2, 0.25) is 0 Å². The molecule has 0 spiro atoms. The van der Waals surface area contributed by atoms with E-state index >= 15 is 0 Å². The first-order valence-corrected chi connectivity index (χ1v) is 6.00. The van der Waals surface area contributed by atoms with E-state index in [2.05, 4.69) is 43.2 Å². The molecule has 17 heavy (non-hydrogen) atoms. The lowest BCUT2D eigenvalue weighted by molar-refractivity contribution is 0.619. The van der Waals surface area contributed by atoms with Gasteiger partial charge in [0.15, 0.2) is 11.6 Å². The molecule has 1 aromatic carbocycles. The zero-order valence-electron chi connectivity index (χ0n) is 9.04. The van der Waals surface area contributed by atoms with Gasteiger partial charge in [0.1, 0.15) is 0 Å². The summed E-state index contributed by atoms with van der Waals surface area (Å²) in [5.74, 6) is 0.0486. The maximum absolute atomic E-state index is 13.5. The summed E-state index contributed by atoms with van der Waals surface area (Å²) in [5.41, 5.74) is 0.782. The third-order valence-corrected chi connectivity index (χ3v) is 2.79. The van der Waals surface area contributed by atoms with Crippen molar-refractivity contribution >= 4 is 40.0 Å². The fourth-order valence-electron chi connectivity index (χ4n) is 1.25. The van der Waals surface area contributed by atoms with Gasteiger partial charge >= 0.3 is 0 Å². The third kappa shape index (κ3) is 3.02. The quantitative estimate of drug-likeness (QED) is 0.841. The number of nitrogens with zero attached hydrogens (tertiary/aromatic N) is 2. The van der Waals surface area contributed by atoms with E-state index in [9.17, 15) is 4.39 Å². The van der Waals surface area contributed by atoms with Gasteiger partial charge in [-0.3, -0.25) is 0 Å². The van der Waals surface area contributed by atoms with Crippen LogP contribution in [0.5, 0.6) is 0 Å². The molecular weight excluding hydrogens is 334 g/mol. The highest BCUT2D eigenvalue weighted by molar-refractivity contribution is 14.1. The van der Waals surface area contributed by atoms with Gasteiger partial charge < -0.3 is 10.6 Å². The topological polar surface area (TPSA) is 49.8 Å². The van der Waals surface area contributed by atoms with Crippen LogP contribution in [-0.2, 0) is 0 Å². The van der Waals surface area contributed by atoms with Gasteiger partial charge in [-0.25, -0.2) is 9.37 Å². The maximum atomic E-state index is 13.5. The largest absolute Gasteiger partial charge is 0.357 e. The van der Waals surface area contributed by atoms with Crippen molar-refractivity contribution in [1.29, 1.82) is 0 Å². The average molecular weight is 344 g/mol. The van der Waals surface area contributed by atoms with Crippen molar-refractivity contribution in [3.63, 3.8) is 0 Å². The number of benzene rings is 1. The lowest BCUT2D eigenvalue weighted by atomic mass is 10.3. The van der Waals surface area contributed by atoms with Crippen LogP contribution in [0.15, 0.2) is 30.5 Å². The van der Waals surface area contributed by atoms with Gasteiger partial charge in [-0.15, -0.1) is 0 Å². The van der Waals surface area contributed by atoms with E-state index in [-0.39, 0.29) is 5.82 Å². The van der Waals surface area contributed by atoms with E-state index in [0.29, 0.717) is 5.95 Å². The van der Waals surface area contributed by atoms with Gasteiger partial charge in [-0.2, -0.15) is 4.98 Å². The maximum Gasteiger partial charge on any atom is 0.224 e. The highest BCUT2D eigenvalue weighted by Gasteiger charge is 2.06. The van der Waals surface area contributed by atoms with Crippen LogP contribution in [0.4, 0.5) is 21.8 Å². The number of rotatable bonds is 3. The zero-order valence-corrected chi connectivity index (χ0v) is 11.2. The van der Waals surface area contributed by atoms with Crippen molar-refractivity contribution in [2.45, 2.75) is 0 Å². The molecule has 0 fully saturated rings. The van der Waals surface area contributed by atoms with E-state index in [1.807, 2.05) is 24.3 Å². The number of nitrogens with one attached hydrogen (secondary N) is 2. The third-order valence-electron chi connectivity index (χ3n) is 2.07. The standard InChI is InChI=1S/C11H10FIN4/c1-14-11-15-6-9(12)10(17-11)16-8-4-2-7(13)3-5-8/h2-6H,1H3,(H2,14,15,16,17). The lowest BCUT2D eigenvalue weighted by Gasteiger charge is -2.07. The first kappa shape index (κ1) is 12.0. The van der Waals surface area contributed by atoms with E-state index in [0.717, 1.165) is 15.5 Å². The highest BCUT2D eigenvalue weighted by atomic mass is 127. The minimum atomic E-state index is -0.484. The molecule has 0 amide bonds. The summed E-state index contributed by atoms with van der Waals surface area (Å²) in [7, 11) is 1.68. The summed E-state index contributed by atoms with van der Waals surface area (Å²) in [4.78, 5) is 7.77. The van der Waals surface area contributed by atoms with Crippen LogP contribution in [0.1, 0.15) is 0 Å². The molecule has 6 heteroatoms. The molecule has 0 atom stereocenters. The second kappa shape index (κ2) is 5.26. The highest BCUT2D eigenvalue weighted by Crippen LogP contribution is 2.19. The monoisotopic (exact) mass is 344 g/mol. The van der Waals surface area contributed by atoms with Crippen LogP contribution in [0, 0.1) is 9.39 Å². The fourth-order valence-corrected chi connectivity index (χ4v) is 1.60. The van der Waals surface area contributed by atoms with Crippen LogP contribution < -0.4 is 10.6 Å². The van der Waals surface area contributed by atoms with Crippen molar-refractivity contribution in [2.75, 3.05) is 17.7 Å². The van der Waals surface area contributed by atoms with Crippen molar-refractivity contribution in [3.05, 3.63) is 39.8 Å². The van der Waals surface area contributed by atoms with Crippen molar-refractivity contribution < 1.29 is 4.39 Å². The van der Waals surface area contributed by atoms with E-state index < -0.39 is 5.82 Å². The molecule has 88 valence electrons. The molecule has 0 aliphatic carbocycles. The van der Waals surface area contributed by atoms with Crippen molar-refractivity contribution in [2.24, 2.45) is 0 Å². The molecule has 4 nitrogen and oxygen atoms in total. The smallest absolute Gasteiger partial charge is 0.224 e. The van der Waals surface area contributed by atoms with E-state index in [1.54, 1.807) is 7.05 Å². The Bertz CT molecular complexity index is 515. The normalized spacial score (nSPS) is 10.1. The van der Waals surface area contributed by atoms with E-state index in [1.165, 1.54) is 0 Å². The number of halogens is 2. The summed E-state index contributed by atoms with van der Waals surface area (Å²) in [6, 6.07) is 7.59. The second-order valence-corrected chi connectivity index (χ2v) is 4.52. The number of anilines is 3. The zero-order chi connectivity index (χ0) is 12.3. The molecule has 0 bridgehead atoms. The Labute approximate surface area is 112 Å². The first-order valence-electron chi connectivity index (χ1n) is 4.92. The molecule has 2 aromatic rings. The summed E-state index contributed by atoms with van der Waals surface area (Å²) in [5, 5.41) is 5.66. The minimum absolute atomic E-state index is 0.158. The number of hydrogen-bond donors (Lipinski definition) is 2. The van der Waals surface area contributed by atoms with Crippen LogP contribution >= 0.6 is 22.6 Å². The van der Waals surface area contributed by atoms with E-state index in [4.69, 9.17) is 0 Å². The Morgan fingerprint density at radius 1 is 1.24 bits per heavy atom. The summed E-state index contributed by atoms with van der Waals surface area (Å²) in [6.45, 7) is 0. The van der Waals surface area contributed by atoms with Crippen molar-refractivity contribution in [1.82, 2.24) is 9.97 Å². The Kier molecular flexibility index (Phi) is 3.72. The Hall–Kier alpha value is -1.44. The van der Waals surface area contributed by atoms with Gasteiger partial charge in [-0.1, -0.05) is 0 Å². The molecular formula is C11H10FIN4. The fraction of sp³-hybridized carbons (Fsp3) is 0.0909. The van der Waals surface area contributed by atoms with Gasteiger partial charge in [0.2, 0.25) is 5.95 Å². The minimum Gasteiger partial charge on any atom is -0.357 e. The molecule has 2 N–H and O–H groups in total. The number of aromatic nitrogens is 2. The lowest BCUT2D eigenvalue weighted by Crippen LogP contribution is -2.02. The molecule has 0 aliphatic heterocycles. The summed E-state index contributed by atoms with van der Waals surface area (Å²) < 4.78 is 14.6. The predicted octanol–water partition coefficient (Wildman–Crippen LogP) is 3.01. The molecule has 0 unspecified atom stereocenters. The van der Waals surface area contributed by atoms with Gasteiger partial charge in [0.25, 0.3) is 0 Å². The predicted molar refractivity (Wildman–Crippen MR) is 74.0 cm³/mol. The summed E-state index contributed by atoms with van der Waals surface area (Å²) >= 11 is 2.21. The molecule has 1 aromatic heterocycles. The first-order chi connectivity index (χ1) is 8.19.